The molecule has 0 spiro atoms. The van der Waals surface area contributed by atoms with Crippen molar-refractivity contribution in [2.45, 2.75) is 51.5 Å². The van der Waals surface area contributed by atoms with Crippen LogP contribution in [0.3, 0.4) is 0 Å². The third-order valence-corrected chi connectivity index (χ3v) is 7.69. The van der Waals surface area contributed by atoms with Gasteiger partial charge < -0.3 is 24.4 Å². The minimum absolute atomic E-state index is 0.0603. The van der Waals surface area contributed by atoms with Gasteiger partial charge in [-0.2, -0.15) is 0 Å². The first kappa shape index (κ1) is 23.1. The van der Waals surface area contributed by atoms with Crippen LogP contribution in [0.15, 0.2) is 12.1 Å². The second-order valence-electron chi connectivity index (χ2n) is 7.74. The quantitative estimate of drug-likeness (QED) is 0.408. The monoisotopic (exact) mass is 413 g/mol. The highest BCUT2D eigenvalue weighted by molar-refractivity contribution is 7.57. The van der Waals surface area contributed by atoms with E-state index < -0.39 is 7.37 Å². The number of hydrogen-bond acceptors (Lipinski definition) is 5. The van der Waals surface area contributed by atoms with Crippen molar-refractivity contribution in [3.05, 3.63) is 17.7 Å². The average molecular weight is 413 g/mol. The number of rotatable bonds is 11. The van der Waals surface area contributed by atoms with E-state index in [1.807, 2.05) is 12.1 Å². The van der Waals surface area contributed by atoms with Crippen molar-refractivity contribution >= 4 is 7.37 Å². The van der Waals surface area contributed by atoms with Crippen LogP contribution in [0.5, 0.6) is 17.2 Å². The van der Waals surface area contributed by atoms with Crippen LogP contribution in [0.25, 0.3) is 0 Å². The molecule has 28 heavy (non-hydrogen) atoms. The zero-order valence-corrected chi connectivity index (χ0v) is 18.6. The van der Waals surface area contributed by atoms with Crippen LogP contribution < -0.4 is 19.5 Å². The molecule has 1 fully saturated rings. The Balaban J connectivity index is 1.84. The molecule has 2 rings (SSSR count). The van der Waals surface area contributed by atoms with Crippen molar-refractivity contribution in [3.63, 3.8) is 0 Å². The largest absolute Gasteiger partial charge is 0.493 e. The first-order valence-electron chi connectivity index (χ1n) is 10.2. The van der Waals surface area contributed by atoms with Crippen molar-refractivity contribution < 1.29 is 23.7 Å². The van der Waals surface area contributed by atoms with Gasteiger partial charge in [-0.25, -0.2) is 0 Å². The average Bonchev–Trinajstić information content (AvgIpc) is 2.70. The van der Waals surface area contributed by atoms with Crippen molar-refractivity contribution in [3.8, 4) is 17.2 Å². The number of methoxy groups -OCH3 is 3. The van der Waals surface area contributed by atoms with Gasteiger partial charge in [0.1, 0.15) is 0 Å². The van der Waals surface area contributed by atoms with Crippen molar-refractivity contribution in [2.75, 3.05) is 40.2 Å². The number of nitrogens with one attached hydrogen (secondary N) is 1. The van der Waals surface area contributed by atoms with Gasteiger partial charge in [-0.3, -0.25) is 4.57 Å². The maximum Gasteiger partial charge on any atom is 0.203 e. The lowest BCUT2D eigenvalue weighted by Gasteiger charge is -2.24. The van der Waals surface area contributed by atoms with Gasteiger partial charge in [-0.1, -0.05) is 19.3 Å². The van der Waals surface area contributed by atoms with E-state index in [9.17, 15) is 9.46 Å². The predicted molar refractivity (Wildman–Crippen MR) is 113 cm³/mol. The van der Waals surface area contributed by atoms with Crippen LogP contribution >= 0.6 is 7.37 Å². The fraction of sp³-hybridized carbons (Fsp3) is 0.714. The topological polar surface area (TPSA) is 77.0 Å². The van der Waals surface area contributed by atoms with Gasteiger partial charge in [0, 0.05) is 18.4 Å². The Hall–Kier alpha value is -1.23. The molecule has 0 heterocycles. The molecule has 6 nitrogen and oxygen atoms in total. The molecule has 1 aromatic rings. The molecule has 1 saturated carbocycles. The Bertz CT molecular complexity index is 635. The molecule has 1 aliphatic carbocycles. The molecule has 2 N–H and O–H groups in total. The zero-order chi connectivity index (χ0) is 20.6. The summed E-state index contributed by atoms with van der Waals surface area (Å²) in [6.45, 7) is 2.74. The fourth-order valence-corrected chi connectivity index (χ4v) is 5.99. The van der Waals surface area contributed by atoms with Gasteiger partial charge in [0.25, 0.3) is 0 Å². The lowest BCUT2D eigenvalue weighted by Crippen LogP contribution is -2.21. The summed E-state index contributed by atoms with van der Waals surface area (Å²) >= 11 is 0. The van der Waals surface area contributed by atoms with E-state index in [1.54, 1.807) is 21.3 Å². The molecule has 0 amide bonds. The molecule has 2 atom stereocenters. The first-order valence-corrected chi connectivity index (χ1v) is 12.3. The lowest BCUT2D eigenvalue weighted by atomic mass is 9.91. The third kappa shape index (κ3) is 6.68. The van der Waals surface area contributed by atoms with Crippen LogP contribution in [0.2, 0.25) is 0 Å². The van der Waals surface area contributed by atoms with E-state index in [-0.39, 0.29) is 6.04 Å². The van der Waals surface area contributed by atoms with E-state index in [2.05, 4.69) is 12.2 Å². The van der Waals surface area contributed by atoms with Gasteiger partial charge in [0.15, 0.2) is 11.5 Å². The molecule has 7 heteroatoms. The van der Waals surface area contributed by atoms with Crippen LogP contribution in [-0.4, -0.2) is 45.1 Å². The standard InChI is InChI=1S/C21H36NO5P/c1-16(18-13-19(25-2)21(27-4)20(14-18)26-3)22-11-8-12-28(23,24)15-17-9-6-5-7-10-17/h13-14,16-17,22H,5-12,15H2,1-4H3,(H,23,24)/t16-/m0/s1. The smallest absolute Gasteiger partial charge is 0.203 e. The number of ether oxygens (including phenoxy) is 3. The first-order chi connectivity index (χ1) is 13.4. The van der Waals surface area contributed by atoms with Gasteiger partial charge in [0.05, 0.1) is 21.3 Å². The second kappa shape index (κ2) is 11.1. The van der Waals surface area contributed by atoms with E-state index in [4.69, 9.17) is 14.2 Å². The molecule has 1 unspecified atom stereocenters. The van der Waals surface area contributed by atoms with Crippen LogP contribution in [-0.2, 0) is 4.57 Å². The maximum atomic E-state index is 12.5. The normalized spacial score (nSPS) is 18.3. The minimum Gasteiger partial charge on any atom is -0.493 e. The lowest BCUT2D eigenvalue weighted by molar-refractivity contribution is 0.323. The summed E-state index contributed by atoms with van der Waals surface area (Å²) in [6, 6.07) is 3.92. The summed E-state index contributed by atoms with van der Waals surface area (Å²) in [5, 5.41) is 3.43. The van der Waals surface area contributed by atoms with Gasteiger partial charge in [-0.05, 0) is 56.3 Å². The summed E-state index contributed by atoms with van der Waals surface area (Å²) in [7, 11) is 1.76. The molecule has 0 radical (unpaired) electrons. The zero-order valence-electron chi connectivity index (χ0n) is 17.7. The predicted octanol–water partition coefficient (Wildman–Crippen LogP) is 4.60. The van der Waals surface area contributed by atoms with E-state index in [0.717, 1.165) is 18.4 Å². The Morgan fingerprint density at radius 1 is 1.11 bits per heavy atom. The van der Waals surface area contributed by atoms with Crippen LogP contribution in [0.1, 0.15) is 57.1 Å². The van der Waals surface area contributed by atoms with E-state index >= 15 is 0 Å². The molecule has 0 aromatic heterocycles. The summed E-state index contributed by atoms with van der Waals surface area (Å²) in [6.07, 6.45) is 7.48. The Morgan fingerprint density at radius 2 is 1.71 bits per heavy atom. The molecular formula is C21H36NO5P. The van der Waals surface area contributed by atoms with Crippen LogP contribution in [0.4, 0.5) is 0 Å². The van der Waals surface area contributed by atoms with Gasteiger partial charge >= 0.3 is 0 Å². The van der Waals surface area contributed by atoms with Crippen molar-refractivity contribution in [2.24, 2.45) is 5.92 Å². The molecule has 0 saturated heterocycles. The summed E-state index contributed by atoms with van der Waals surface area (Å²) in [4.78, 5) is 10.3. The molecule has 0 aliphatic heterocycles. The Labute approximate surface area is 169 Å². The summed E-state index contributed by atoms with van der Waals surface area (Å²) < 4.78 is 28.7. The minimum atomic E-state index is -3.03. The van der Waals surface area contributed by atoms with E-state index in [0.29, 0.717) is 48.5 Å². The second-order valence-corrected chi connectivity index (χ2v) is 10.2. The highest BCUT2D eigenvalue weighted by atomic mass is 31.2. The highest BCUT2D eigenvalue weighted by Gasteiger charge is 2.25. The molecular weight excluding hydrogens is 377 g/mol. The third-order valence-electron chi connectivity index (χ3n) is 5.59. The number of benzene rings is 1. The Kier molecular flexibility index (Phi) is 9.13. The van der Waals surface area contributed by atoms with E-state index in [1.165, 1.54) is 19.3 Å². The molecule has 1 aliphatic rings. The van der Waals surface area contributed by atoms with Crippen LogP contribution in [0, 0.1) is 5.92 Å². The van der Waals surface area contributed by atoms with Gasteiger partial charge in [-0.15, -0.1) is 0 Å². The Morgan fingerprint density at radius 3 is 2.25 bits per heavy atom. The summed E-state index contributed by atoms with van der Waals surface area (Å²) in [5.41, 5.74) is 1.02. The fourth-order valence-electron chi connectivity index (χ4n) is 3.98. The SMILES string of the molecule is COc1cc([C@H](C)NCCCP(=O)(O)CC2CCCCC2)cc(OC)c1OC. The van der Waals surface area contributed by atoms with Crippen molar-refractivity contribution in [1.82, 2.24) is 5.32 Å². The van der Waals surface area contributed by atoms with Crippen molar-refractivity contribution in [1.29, 1.82) is 0 Å². The number of hydrogen-bond donors (Lipinski definition) is 2. The highest BCUT2D eigenvalue weighted by Crippen LogP contribution is 2.46. The summed E-state index contributed by atoms with van der Waals surface area (Å²) in [5.74, 6) is 2.26. The van der Waals surface area contributed by atoms with Gasteiger partial charge in [0.2, 0.25) is 13.1 Å². The molecule has 0 bridgehead atoms. The molecule has 160 valence electrons. The molecule has 1 aromatic carbocycles. The maximum absolute atomic E-state index is 12.5.